The number of hydrogen-bond donors (Lipinski definition) is 2. The van der Waals surface area contributed by atoms with E-state index in [1.165, 1.54) is 25.8 Å². The number of hydrogen-bond acceptors (Lipinski definition) is 3. The molecule has 1 atom stereocenters. The lowest BCUT2D eigenvalue weighted by Gasteiger charge is -2.32. The fourth-order valence-electron chi connectivity index (χ4n) is 2.75. The first-order valence-electron chi connectivity index (χ1n) is 8.03. The number of amides is 1. The number of nitrogens with zero attached hydrogens (tertiary/aromatic N) is 1. The molecular formula is C17H27N3O. The first-order valence-corrected chi connectivity index (χ1v) is 8.03. The van der Waals surface area contributed by atoms with Gasteiger partial charge in [-0.2, -0.15) is 0 Å². The maximum atomic E-state index is 12.0. The van der Waals surface area contributed by atoms with E-state index in [0.717, 1.165) is 30.8 Å². The van der Waals surface area contributed by atoms with Gasteiger partial charge in [-0.1, -0.05) is 19.4 Å². The second-order valence-corrected chi connectivity index (χ2v) is 5.85. The van der Waals surface area contributed by atoms with Crippen LogP contribution < -0.4 is 10.6 Å². The molecule has 21 heavy (non-hydrogen) atoms. The predicted molar refractivity (Wildman–Crippen MR) is 87.8 cm³/mol. The Morgan fingerprint density at radius 2 is 2.24 bits per heavy atom. The van der Waals surface area contributed by atoms with Gasteiger partial charge in [0.1, 0.15) is 0 Å². The highest BCUT2D eigenvalue weighted by Gasteiger charge is 2.18. The Labute approximate surface area is 127 Å². The highest BCUT2D eigenvalue weighted by Crippen LogP contribution is 2.17. The minimum Gasteiger partial charge on any atom is -0.383 e. The standard InChI is InChI=1S/C17H27N3O/c1-3-10-18-17(21)14-7-6-8-15(12-14)19-13-16-9-4-5-11-20(16)2/h6-8,12,16,19H,3-5,9-11,13H2,1-2H3,(H,18,21). The van der Waals surface area contributed by atoms with Crippen LogP contribution >= 0.6 is 0 Å². The number of carbonyl (C=O) groups is 1. The smallest absolute Gasteiger partial charge is 0.251 e. The lowest BCUT2D eigenvalue weighted by Crippen LogP contribution is -2.40. The van der Waals surface area contributed by atoms with Crippen LogP contribution in [-0.4, -0.2) is 43.5 Å². The van der Waals surface area contributed by atoms with Gasteiger partial charge in [0.05, 0.1) is 0 Å². The van der Waals surface area contributed by atoms with Crippen LogP contribution in [0, 0.1) is 0 Å². The third-order valence-corrected chi connectivity index (χ3v) is 4.12. The van der Waals surface area contributed by atoms with Crippen LogP contribution in [0.3, 0.4) is 0 Å². The third kappa shape index (κ3) is 4.74. The summed E-state index contributed by atoms with van der Waals surface area (Å²) in [7, 11) is 2.19. The van der Waals surface area contributed by atoms with Crippen molar-refractivity contribution in [3.8, 4) is 0 Å². The molecule has 1 heterocycles. The summed E-state index contributed by atoms with van der Waals surface area (Å²) < 4.78 is 0. The van der Waals surface area contributed by atoms with Gasteiger partial charge in [-0.05, 0) is 51.1 Å². The molecule has 0 saturated carbocycles. The van der Waals surface area contributed by atoms with Crippen LogP contribution in [0.1, 0.15) is 43.0 Å². The first-order chi connectivity index (χ1) is 10.2. The molecule has 0 bridgehead atoms. The van der Waals surface area contributed by atoms with Crippen molar-refractivity contribution in [2.45, 2.75) is 38.6 Å². The Morgan fingerprint density at radius 1 is 1.38 bits per heavy atom. The van der Waals surface area contributed by atoms with Gasteiger partial charge in [-0.3, -0.25) is 4.79 Å². The molecule has 4 heteroatoms. The maximum Gasteiger partial charge on any atom is 0.251 e. The maximum absolute atomic E-state index is 12.0. The van der Waals surface area contributed by atoms with E-state index in [0.29, 0.717) is 6.04 Å². The van der Waals surface area contributed by atoms with Crippen molar-refractivity contribution in [1.82, 2.24) is 10.2 Å². The summed E-state index contributed by atoms with van der Waals surface area (Å²) in [5, 5.41) is 6.39. The SMILES string of the molecule is CCCNC(=O)c1cccc(NCC2CCCCN2C)c1. The zero-order valence-corrected chi connectivity index (χ0v) is 13.2. The van der Waals surface area contributed by atoms with Gasteiger partial charge in [-0.25, -0.2) is 0 Å². The minimum atomic E-state index is 0.00952. The molecule has 1 amide bonds. The quantitative estimate of drug-likeness (QED) is 0.846. The molecule has 2 rings (SSSR count). The van der Waals surface area contributed by atoms with E-state index >= 15 is 0 Å². The van der Waals surface area contributed by atoms with Crippen molar-refractivity contribution in [2.24, 2.45) is 0 Å². The Bertz CT molecular complexity index is 461. The average Bonchev–Trinajstić information content (AvgIpc) is 2.52. The summed E-state index contributed by atoms with van der Waals surface area (Å²) in [6.45, 7) is 4.91. The van der Waals surface area contributed by atoms with Crippen molar-refractivity contribution in [3.05, 3.63) is 29.8 Å². The van der Waals surface area contributed by atoms with Gasteiger partial charge in [0.2, 0.25) is 0 Å². The summed E-state index contributed by atoms with van der Waals surface area (Å²) in [6.07, 6.45) is 4.83. The highest BCUT2D eigenvalue weighted by atomic mass is 16.1. The van der Waals surface area contributed by atoms with E-state index in [-0.39, 0.29) is 5.91 Å². The van der Waals surface area contributed by atoms with Gasteiger partial charge in [0, 0.05) is 30.4 Å². The van der Waals surface area contributed by atoms with Crippen molar-refractivity contribution >= 4 is 11.6 Å². The molecule has 0 aliphatic carbocycles. The van der Waals surface area contributed by atoms with Crippen molar-refractivity contribution < 1.29 is 4.79 Å². The van der Waals surface area contributed by atoms with Gasteiger partial charge in [0.15, 0.2) is 0 Å². The Kier molecular flexibility index (Phi) is 6.05. The number of carbonyl (C=O) groups excluding carboxylic acids is 1. The molecule has 1 saturated heterocycles. The molecule has 116 valence electrons. The Hall–Kier alpha value is -1.55. The van der Waals surface area contributed by atoms with Crippen LogP contribution in [0.15, 0.2) is 24.3 Å². The zero-order valence-electron chi connectivity index (χ0n) is 13.2. The van der Waals surface area contributed by atoms with Gasteiger partial charge in [0.25, 0.3) is 5.91 Å². The van der Waals surface area contributed by atoms with Gasteiger partial charge >= 0.3 is 0 Å². The number of benzene rings is 1. The molecule has 0 spiro atoms. The first kappa shape index (κ1) is 15.8. The Morgan fingerprint density at radius 3 is 3.00 bits per heavy atom. The summed E-state index contributed by atoms with van der Waals surface area (Å²) in [5.74, 6) is 0.00952. The topological polar surface area (TPSA) is 44.4 Å². The fourth-order valence-corrected chi connectivity index (χ4v) is 2.75. The van der Waals surface area contributed by atoms with Crippen molar-refractivity contribution in [2.75, 3.05) is 32.0 Å². The second-order valence-electron chi connectivity index (χ2n) is 5.85. The molecule has 1 aromatic carbocycles. The molecule has 1 aliphatic heterocycles. The highest BCUT2D eigenvalue weighted by molar-refractivity contribution is 5.95. The van der Waals surface area contributed by atoms with Crippen LogP contribution in [0.5, 0.6) is 0 Å². The van der Waals surface area contributed by atoms with Crippen molar-refractivity contribution in [1.29, 1.82) is 0 Å². The predicted octanol–water partition coefficient (Wildman–Crippen LogP) is 2.72. The largest absolute Gasteiger partial charge is 0.383 e. The molecule has 1 fully saturated rings. The number of anilines is 1. The van der Waals surface area contributed by atoms with Crippen LogP contribution in [-0.2, 0) is 0 Å². The van der Waals surface area contributed by atoms with E-state index < -0.39 is 0 Å². The zero-order chi connectivity index (χ0) is 15.1. The van der Waals surface area contributed by atoms with E-state index in [1.54, 1.807) is 0 Å². The van der Waals surface area contributed by atoms with E-state index in [2.05, 4.69) is 29.5 Å². The molecule has 0 aromatic heterocycles. The van der Waals surface area contributed by atoms with Crippen LogP contribution in [0.2, 0.25) is 0 Å². The summed E-state index contributed by atoms with van der Waals surface area (Å²) in [4.78, 5) is 14.4. The van der Waals surface area contributed by atoms with E-state index in [9.17, 15) is 4.79 Å². The number of likely N-dealkylation sites (tertiary alicyclic amines) is 1. The van der Waals surface area contributed by atoms with Crippen LogP contribution in [0.4, 0.5) is 5.69 Å². The molecule has 1 aliphatic rings. The van der Waals surface area contributed by atoms with Gasteiger partial charge in [-0.15, -0.1) is 0 Å². The fraction of sp³-hybridized carbons (Fsp3) is 0.588. The molecule has 2 N–H and O–H groups in total. The summed E-state index contributed by atoms with van der Waals surface area (Å²) in [5.41, 5.74) is 1.75. The lowest BCUT2D eigenvalue weighted by molar-refractivity contribution is 0.0953. The lowest BCUT2D eigenvalue weighted by atomic mass is 10.0. The van der Waals surface area contributed by atoms with E-state index in [4.69, 9.17) is 0 Å². The number of piperidine rings is 1. The van der Waals surface area contributed by atoms with Crippen LogP contribution in [0.25, 0.3) is 0 Å². The minimum absolute atomic E-state index is 0.00952. The normalized spacial score (nSPS) is 19.2. The molecule has 4 nitrogen and oxygen atoms in total. The Balaban J connectivity index is 1.90. The molecular weight excluding hydrogens is 262 g/mol. The summed E-state index contributed by atoms with van der Waals surface area (Å²) in [6, 6.07) is 8.36. The average molecular weight is 289 g/mol. The summed E-state index contributed by atoms with van der Waals surface area (Å²) >= 11 is 0. The third-order valence-electron chi connectivity index (χ3n) is 4.12. The number of nitrogens with one attached hydrogen (secondary N) is 2. The molecule has 1 aromatic rings. The van der Waals surface area contributed by atoms with E-state index in [1.807, 2.05) is 24.3 Å². The monoisotopic (exact) mass is 289 g/mol. The van der Waals surface area contributed by atoms with Crippen molar-refractivity contribution in [3.63, 3.8) is 0 Å². The number of likely N-dealkylation sites (N-methyl/N-ethyl adjacent to an activating group) is 1. The second kappa shape index (κ2) is 8.03. The van der Waals surface area contributed by atoms with Gasteiger partial charge < -0.3 is 15.5 Å². The molecule has 0 radical (unpaired) electrons. The number of rotatable bonds is 6. The molecule has 1 unspecified atom stereocenters.